The van der Waals surface area contributed by atoms with Crippen molar-refractivity contribution < 1.29 is 13.2 Å². The summed E-state index contributed by atoms with van der Waals surface area (Å²) in [6.45, 7) is 7.94. The van der Waals surface area contributed by atoms with Crippen molar-refractivity contribution in [3.63, 3.8) is 0 Å². The minimum absolute atomic E-state index is 0.427. The van der Waals surface area contributed by atoms with Gasteiger partial charge in [0.2, 0.25) is 10.0 Å². The van der Waals surface area contributed by atoms with Crippen molar-refractivity contribution in [1.29, 1.82) is 0 Å². The molecule has 2 unspecified atom stereocenters. The topological polar surface area (TPSA) is 58.6 Å². The fourth-order valence-corrected chi connectivity index (χ4v) is 3.83. The van der Waals surface area contributed by atoms with Crippen molar-refractivity contribution >= 4 is 10.0 Å². The van der Waals surface area contributed by atoms with Gasteiger partial charge in [-0.3, -0.25) is 0 Å². The average molecular weight is 306 g/mol. The SMILES string of the molecule is CCNC(CCOCC)CC1CCCN(S(C)(=O)=O)C1. The molecule has 0 spiro atoms. The third-order valence-electron chi connectivity index (χ3n) is 3.88. The van der Waals surface area contributed by atoms with Crippen LogP contribution in [0.25, 0.3) is 0 Å². The average Bonchev–Trinajstić information content (AvgIpc) is 2.38. The second-order valence-corrected chi connectivity index (χ2v) is 7.59. The summed E-state index contributed by atoms with van der Waals surface area (Å²) in [5.41, 5.74) is 0. The third-order valence-corrected chi connectivity index (χ3v) is 5.15. The van der Waals surface area contributed by atoms with E-state index in [4.69, 9.17) is 4.74 Å². The highest BCUT2D eigenvalue weighted by Gasteiger charge is 2.27. The summed E-state index contributed by atoms with van der Waals surface area (Å²) in [5.74, 6) is 0.462. The largest absolute Gasteiger partial charge is 0.382 e. The van der Waals surface area contributed by atoms with E-state index >= 15 is 0 Å². The standard InChI is InChI=1S/C14H30N2O3S/c1-4-15-14(8-10-19-5-2)11-13-7-6-9-16(12-13)20(3,17)18/h13-15H,4-12H2,1-3H3. The minimum atomic E-state index is -3.04. The summed E-state index contributed by atoms with van der Waals surface area (Å²) in [6, 6.07) is 0.427. The molecule has 0 aliphatic carbocycles. The molecule has 0 bridgehead atoms. The molecule has 20 heavy (non-hydrogen) atoms. The molecule has 2 atom stereocenters. The van der Waals surface area contributed by atoms with E-state index in [-0.39, 0.29) is 0 Å². The van der Waals surface area contributed by atoms with Crippen molar-refractivity contribution in [2.24, 2.45) is 5.92 Å². The Hall–Kier alpha value is -0.170. The first kappa shape index (κ1) is 17.9. The van der Waals surface area contributed by atoms with E-state index in [9.17, 15) is 8.42 Å². The fraction of sp³-hybridized carbons (Fsp3) is 1.00. The summed E-state index contributed by atoms with van der Waals surface area (Å²) >= 11 is 0. The zero-order chi connectivity index (χ0) is 15.0. The number of nitrogens with one attached hydrogen (secondary N) is 1. The molecule has 1 aliphatic heterocycles. The first-order chi connectivity index (χ1) is 9.47. The Kier molecular flexibility index (Phi) is 8.02. The molecule has 1 heterocycles. The number of sulfonamides is 1. The Balaban J connectivity index is 2.46. The van der Waals surface area contributed by atoms with Gasteiger partial charge in [0.25, 0.3) is 0 Å². The van der Waals surface area contributed by atoms with Crippen LogP contribution in [0.5, 0.6) is 0 Å². The van der Waals surface area contributed by atoms with Crippen molar-refractivity contribution in [2.75, 3.05) is 39.1 Å². The van der Waals surface area contributed by atoms with Gasteiger partial charge in [0, 0.05) is 32.3 Å². The molecule has 0 radical (unpaired) electrons. The van der Waals surface area contributed by atoms with E-state index in [2.05, 4.69) is 12.2 Å². The second kappa shape index (κ2) is 8.97. The van der Waals surface area contributed by atoms with Gasteiger partial charge in [-0.15, -0.1) is 0 Å². The number of rotatable bonds is 9. The molecule has 1 aliphatic rings. The Morgan fingerprint density at radius 2 is 2.15 bits per heavy atom. The van der Waals surface area contributed by atoms with Crippen LogP contribution in [0.4, 0.5) is 0 Å². The van der Waals surface area contributed by atoms with Crippen LogP contribution in [0.15, 0.2) is 0 Å². The van der Waals surface area contributed by atoms with Gasteiger partial charge in [0.05, 0.1) is 6.26 Å². The van der Waals surface area contributed by atoms with E-state index in [1.165, 1.54) is 6.26 Å². The van der Waals surface area contributed by atoms with E-state index in [0.717, 1.165) is 45.4 Å². The first-order valence-corrected chi connectivity index (χ1v) is 9.58. The lowest BCUT2D eigenvalue weighted by Crippen LogP contribution is -2.42. The van der Waals surface area contributed by atoms with Gasteiger partial charge in [0.1, 0.15) is 0 Å². The van der Waals surface area contributed by atoms with E-state index < -0.39 is 10.0 Å². The van der Waals surface area contributed by atoms with Gasteiger partial charge >= 0.3 is 0 Å². The Morgan fingerprint density at radius 3 is 2.75 bits per heavy atom. The molecule has 0 aromatic heterocycles. The van der Waals surface area contributed by atoms with Gasteiger partial charge in [-0.1, -0.05) is 6.92 Å². The van der Waals surface area contributed by atoms with Crippen molar-refractivity contribution in [3.05, 3.63) is 0 Å². The molecule has 0 amide bonds. The van der Waals surface area contributed by atoms with Gasteiger partial charge in [0.15, 0.2) is 0 Å². The van der Waals surface area contributed by atoms with Gasteiger partial charge < -0.3 is 10.1 Å². The highest BCUT2D eigenvalue weighted by molar-refractivity contribution is 7.88. The van der Waals surface area contributed by atoms with E-state index in [0.29, 0.717) is 25.0 Å². The molecule has 0 saturated carbocycles. The summed E-state index contributed by atoms with van der Waals surface area (Å²) in [5, 5.41) is 3.49. The van der Waals surface area contributed by atoms with Crippen LogP contribution in [-0.4, -0.2) is 57.9 Å². The summed E-state index contributed by atoms with van der Waals surface area (Å²) in [7, 11) is -3.04. The molecular weight excluding hydrogens is 276 g/mol. The molecule has 1 N–H and O–H groups in total. The maximum absolute atomic E-state index is 11.6. The van der Waals surface area contributed by atoms with Crippen LogP contribution >= 0.6 is 0 Å². The molecule has 5 nitrogen and oxygen atoms in total. The van der Waals surface area contributed by atoms with E-state index in [1.807, 2.05) is 6.92 Å². The van der Waals surface area contributed by atoms with Crippen molar-refractivity contribution in [2.45, 2.75) is 45.6 Å². The molecule has 6 heteroatoms. The highest BCUT2D eigenvalue weighted by atomic mass is 32.2. The number of nitrogens with zero attached hydrogens (tertiary/aromatic N) is 1. The fourth-order valence-electron chi connectivity index (χ4n) is 2.88. The lowest BCUT2D eigenvalue weighted by molar-refractivity contribution is 0.130. The lowest BCUT2D eigenvalue weighted by atomic mass is 9.91. The van der Waals surface area contributed by atoms with E-state index in [1.54, 1.807) is 4.31 Å². The van der Waals surface area contributed by atoms with Crippen molar-refractivity contribution in [3.8, 4) is 0 Å². The normalized spacial score (nSPS) is 22.9. The maximum atomic E-state index is 11.6. The zero-order valence-corrected chi connectivity index (χ0v) is 13.9. The predicted molar refractivity (Wildman–Crippen MR) is 82.3 cm³/mol. The molecular formula is C14H30N2O3S. The van der Waals surface area contributed by atoms with Crippen LogP contribution < -0.4 is 5.32 Å². The highest BCUT2D eigenvalue weighted by Crippen LogP contribution is 2.23. The van der Waals surface area contributed by atoms with Crippen LogP contribution in [0.2, 0.25) is 0 Å². The Bertz CT molecular complexity index is 359. The van der Waals surface area contributed by atoms with Crippen molar-refractivity contribution in [1.82, 2.24) is 9.62 Å². The first-order valence-electron chi connectivity index (χ1n) is 7.73. The quantitative estimate of drug-likeness (QED) is 0.655. The van der Waals surface area contributed by atoms with Crippen LogP contribution in [0, 0.1) is 5.92 Å². The van der Waals surface area contributed by atoms with Crippen LogP contribution in [0.1, 0.15) is 39.5 Å². The summed E-state index contributed by atoms with van der Waals surface area (Å²) < 4.78 is 30.3. The number of hydrogen-bond donors (Lipinski definition) is 1. The molecule has 1 rings (SSSR count). The van der Waals surface area contributed by atoms with Gasteiger partial charge in [-0.2, -0.15) is 0 Å². The zero-order valence-electron chi connectivity index (χ0n) is 13.1. The summed E-state index contributed by atoms with van der Waals surface area (Å²) in [4.78, 5) is 0. The number of ether oxygens (including phenoxy) is 1. The van der Waals surface area contributed by atoms with Gasteiger partial charge in [-0.05, 0) is 45.1 Å². The molecule has 0 aromatic carbocycles. The maximum Gasteiger partial charge on any atom is 0.211 e. The third kappa shape index (κ3) is 6.52. The lowest BCUT2D eigenvalue weighted by Gasteiger charge is -2.33. The molecule has 1 fully saturated rings. The summed E-state index contributed by atoms with van der Waals surface area (Å²) in [6.07, 6.45) is 5.45. The Morgan fingerprint density at radius 1 is 1.40 bits per heavy atom. The van der Waals surface area contributed by atoms with Crippen LogP contribution in [-0.2, 0) is 14.8 Å². The molecule has 120 valence electrons. The molecule has 1 saturated heterocycles. The molecule has 0 aromatic rings. The van der Waals surface area contributed by atoms with Crippen LogP contribution in [0.3, 0.4) is 0 Å². The minimum Gasteiger partial charge on any atom is -0.382 e. The number of hydrogen-bond acceptors (Lipinski definition) is 4. The van der Waals surface area contributed by atoms with Gasteiger partial charge in [-0.25, -0.2) is 12.7 Å². The number of piperidine rings is 1. The second-order valence-electron chi connectivity index (χ2n) is 5.61. The smallest absolute Gasteiger partial charge is 0.211 e. The monoisotopic (exact) mass is 306 g/mol. The Labute approximate surface area is 124 Å². The predicted octanol–water partition coefficient (Wildman–Crippen LogP) is 1.45.